The Bertz CT molecular complexity index is 175. The number of nitrogens with zero attached hydrogens (tertiary/aromatic N) is 1. The SMILES string of the molecule is CCC1CNC(C)CN1C(CC)CSC. The van der Waals surface area contributed by atoms with Crippen LogP contribution in [0.2, 0.25) is 0 Å². The van der Waals surface area contributed by atoms with Crippen LogP contribution in [-0.2, 0) is 0 Å². The van der Waals surface area contributed by atoms with Crippen LogP contribution in [0.3, 0.4) is 0 Å². The van der Waals surface area contributed by atoms with Gasteiger partial charge in [-0.1, -0.05) is 13.8 Å². The van der Waals surface area contributed by atoms with Gasteiger partial charge in [0.25, 0.3) is 0 Å². The Labute approximate surface area is 99.2 Å². The molecule has 90 valence electrons. The zero-order chi connectivity index (χ0) is 11.3. The van der Waals surface area contributed by atoms with E-state index in [1.807, 2.05) is 11.8 Å². The number of nitrogens with one attached hydrogen (secondary N) is 1. The van der Waals surface area contributed by atoms with Crippen LogP contribution in [0.1, 0.15) is 33.6 Å². The molecule has 15 heavy (non-hydrogen) atoms. The minimum Gasteiger partial charge on any atom is -0.311 e. The molecule has 1 N–H and O–H groups in total. The lowest BCUT2D eigenvalue weighted by atomic mass is 10.0. The van der Waals surface area contributed by atoms with Crippen molar-refractivity contribution in [3.05, 3.63) is 0 Å². The fourth-order valence-corrected chi connectivity index (χ4v) is 3.26. The number of rotatable bonds is 5. The molecule has 1 aliphatic rings. The molecule has 0 aromatic rings. The molecule has 3 heteroatoms. The Morgan fingerprint density at radius 2 is 2.20 bits per heavy atom. The third kappa shape index (κ3) is 3.65. The van der Waals surface area contributed by atoms with Crippen LogP contribution in [0.4, 0.5) is 0 Å². The van der Waals surface area contributed by atoms with Crippen molar-refractivity contribution < 1.29 is 0 Å². The normalized spacial score (nSPS) is 30.4. The predicted octanol–water partition coefficient (Wildman–Crippen LogP) is 2.20. The summed E-state index contributed by atoms with van der Waals surface area (Å²) in [5.41, 5.74) is 0. The first kappa shape index (κ1) is 13.3. The summed E-state index contributed by atoms with van der Waals surface area (Å²) in [5, 5.41) is 3.59. The zero-order valence-corrected chi connectivity index (χ0v) is 11.4. The second kappa shape index (κ2) is 6.77. The molecule has 0 amide bonds. The maximum absolute atomic E-state index is 3.59. The van der Waals surface area contributed by atoms with Crippen molar-refractivity contribution in [1.29, 1.82) is 0 Å². The van der Waals surface area contributed by atoms with Crippen LogP contribution in [0, 0.1) is 0 Å². The first-order valence-corrected chi connectivity index (χ1v) is 7.60. The molecule has 0 saturated carbocycles. The first-order chi connectivity index (χ1) is 7.22. The Morgan fingerprint density at radius 1 is 1.47 bits per heavy atom. The Balaban J connectivity index is 2.59. The number of hydrogen-bond donors (Lipinski definition) is 1. The van der Waals surface area contributed by atoms with Gasteiger partial charge in [-0.05, 0) is 26.0 Å². The lowest BCUT2D eigenvalue weighted by Crippen LogP contribution is -2.58. The van der Waals surface area contributed by atoms with Crippen LogP contribution in [0.5, 0.6) is 0 Å². The van der Waals surface area contributed by atoms with Crippen molar-refractivity contribution >= 4 is 11.8 Å². The van der Waals surface area contributed by atoms with Gasteiger partial charge in [-0.3, -0.25) is 4.90 Å². The summed E-state index contributed by atoms with van der Waals surface area (Å²) in [6.45, 7) is 9.31. The standard InChI is InChI=1S/C12H26N2S/c1-5-11-7-13-10(3)8-14(11)12(6-2)9-15-4/h10-13H,5-9H2,1-4H3. The minimum atomic E-state index is 0.656. The van der Waals surface area contributed by atoms with E-state index in [-0.39, 0.29) is 0 Å². The van der Waals surface area contributed by atoms with Crippen molar-refractivity contribution in [2.75, 3.05) is 25.1 Å². The van der Waals surface area contributed by atoms with Crippen LogP contribution in [-0.4, -0.2) is 48.1 Å². The summed E-state index contributed by atoms with van der Waals surface area (Å²) in [6.07, 6.45) is 4.77. The van der Waals surface area contributed by atoms with E-state index in [9.17, 15) is 0 Å². The van der Waals surface area contributed by atoms with Crippen LogP contribution in [0.25, 0.3) is 0 Å². The van der Waals surface area contributed by atoms with Gasteiger partial charge in [0.05, 0.1) is 0 Å². The van der Waals surface area contributed by atoms with E-state index in [1.165, 1.54) is 31.7 Å². The first-order valence-electron chi connectivity index (χ1n) is 6.20. The average Bonchev–Trinajstić information content (AvgIpc) is 2.26. The Kier molecular flexibility index (Phi) is 6.02. The van der Waals surface area contributed by atoms with E-state index in [0.717, 1.165) is 12.1 Å². The molecule has 1 heterocycles. The van der Waals surface area contributed by atoms with Gasteiger partial charge in [0.1, 0.15) is 0 Å². The lowest BCUT2D eigenvalue weighted by molar-refractivity contribution is 0.0908. The van der Waals surface area contributed by atoms with Gasteiger partial charge in [0.15, 0.2) is 0 Å². The highest BCUT2D eigenvalue weighted by atomic mass is 32.2. The molecule has 0 aliphatic carbocycles. The van der Waals surface area contributed by atoms with Crippen LogP contribution < -0.4 is 5.32 Å². The van der Waals surface area contributed by atoms with Crippen molar-refractivity contribution in [2.24, 2.45) is 0 Å². The number of thioether (sulfide) groups is 1. The minimum absolute atomic E-state index is 0.656. The van der Waals surface area contributed by atoms with E-state index in [2.05, 4.69) is 37.2 Å². The van der Waals surface area contributed by atoms with Crippen molar-refractivity contribution in [3.63, 3.8) is 0 Å². The Morgan fingerprint density at radius 3 is 2.73 bits per heavy atom. The van der Waals surface area contributed by atoms with Gasteiger partial charge in [-0.2, -0.15) is 11.8 Å². The third-order valence-electron chi connectivity index (χ3n) is 3.43. The third-order valence-corrected chi connectivity index (χ3v) is 4.14. The summed E-state index contributed by atoms with van der Waals surface area (Å²) >= 11 is 1.98. The van der Waals surface area contributed by atoms with Gasteiger partial charge in [0.2, 0.25) is 0 Å². The number of piperazine rings is 1. The molecule has 0 bridgehead atoms. The quantitative estimate of drug-likeness (QED) is 0.779. The second-order valence-corrected chi connectivity index (χ2v) is 5.50. The molecular formula is C12H26N2S. The Hall–Kier alpha value is 0.270. The maximum atomic E-state index is 3.59. The molecule has 1 saturated heterocycles. The highest BCUT2D eigenvalue weighted by Gasteiger charge is 2.28. The maximum Gasteiger partial charge on any atom is 0.0222 e. The summed E-state index contributed by atoms with van der Waals surface area (Å²) in [7, 11) is 0. The highest BCUT2D eigenvalue weighted by Crippen LogP contribution is 2.18. The summed E-state index contributed by atoms with van der Waals surface area (Å²) < 4.78 is 0. The van der Waals surface area contributed by atoms with Gasteiger partial charge < -0.3 is 5.32 Å². The molecule has 0 aromatic heterocycles. The van der Waals surface area contributed by atoms with Gasteiger partial charge in [0, 0.05) is 37.0 Å². The van der Waals surface area contributed by atoms with Crippen molar-refractivity contribution in [3.8, 4) is 0 Å². The molecule has 1 rings (SSSR count). The fourth-order valence-electron chi connectivity index (χ4n) is 2.45. The molecule has 2 nitrogen and oxygen atoms in total. The molecule has 0 spiro atoms. The molecule has 1 fully saturated rings. The molecule has 3 atom stereocenters. The van der Waals surface area contributed by atoms with Crippen molar-refractivity contribution in [2.45, 2.75) is 51.7 Å². The summed E-state index contributed by atoms with van der Waals surface area (Å²) in [6, 6.07) is 2.18. The lowest BCUT2D eigenvalue weighted by Gasteiger charge is -2.43. The van der Waals surface area contributed by atoms with E-state index in [0.29, 0.717) is 6.04 Å². The molecule has 0 aromatic carbocycles. The molecule has 3 unspecified atom stereocenters. The molecule has 0 radical (unpaired) electrons. The van der Waals surface area contributed by atoms with Gasteiger partial charge in [-0.25, -0.2) is 0 Å². The highest BCUT2D eigenvalue weighted by molar-refractivity contribution is 7.98. The van der Waals surface area contributed by atoms with Crippen molar-refractivity contribution in [1.82, 2.24) is 10.2 Å². The smallest absolute Gasteiger partial charge is 0.0222 e. The van der Waals surface area contributed by atoms with Gasteiger partial charge >= 0.3 is 0 Å². The van der Waals surface area contributed by atoms with E-state index in [1.54, 1.807) is 0 Å². The largest absolute Gasteiger partial charge is 0.311 e. The number of hydrogen-bond acceptors (Lipinski definition) is 3. The average molecular weight is 230 g/mol. The van der Waals surface area contributed by atoms with E-state index < -0.39 is 0 Å². The predicted molar refractivity (Wildman–Crippen MR) is 70.7 cm³/mol. The molecule has 1 aliphatic heterocycles. The van der Waals surface area contributed by atoms with Crippen LogP contribution in [0.15, 0.2) is 0 Å². The van der Waals surface area contributed by atoms with Crippen LogP contribution >= 0.6 is 11.8 Å². The van der Waals surface area contributed by atoms with E-state index >= 15 is 0 Å². The fraction of sp³-hybridized carbons (Fsp3) is 1.00. The zero-order valence-electron chi connectivity index (χ0n) is 10.6. The topological polar surface area (TPSA) is 15.3 Å². The monoisotopic (exact) mass is 230 g/mol. The van der Waals surface area contributed by atoms with E-state index in [4.69, 9.17) is 0 Å². The molecular weight excluding hydrogens is 204 g/mol. The second-order valence-electron chi connectivity index (χ2n) is 4.59. The summed E-state index contributed by atoms with van der Waals surface area (Å²) in [5.74, 6) is 1.28. The summed E-state index contributed by atoms with van der Waals surface area (Å²) in [4.78, 5) is 2.73. The van der Waals surface area contributed by atoms with Gasteiger partial charge in [-0.15, -0.1) is 0 Å².